The first-order chi connectivity index (χ1) is 10.0. The van der Waals surface area contributed by atoms with E-state index >= 15 is 0 Å². The van der Waals surface area contributed by atoms with Gasteiger partial charge in [0, 0.05) is 18.3 Å². The average molecular weight is 354 g/mol. The van der Waals surface area contributed by atoms with E-state index in [0.29, 0.717) is 5.95 Å². The molecule has 6 nitrogen and oxygen atoms in total. The van der Waals surface area contributed by atoms with Crippen LogP contribution in [0, 0.1) is 13.8 Å². The third-order valence-corrected chi connectivity index (χ3v) is 3.73. The lowest BCUT2D eigenvalue weighted by Gasteiger charge is -2.16. The van der Waals surface area contributed by atoms with Crippen LogP contribution in [0.15, 0.2) is 15.2 Å². The molecule has 0 aliphatic heterocycles. The van der Waals surface area contributed by atoms with Crippen LogP contribution in [0.4, 0.5) is 11.8 Å². The Hall–Kier alpha value is -1.63. The van der Waals surface area contributed by atoms with Crippen molar-refractivity contribution in [1.82, 2.24) is 15.1 Å². The quantitative estimate of drug-likeness (QED) is 0.821. The average Bonchev–Trinajstić information content (AvgIpc) is 2.79. The molecule has 2 aromatic heterocycles. The maximum Gasteiger partial charge on any atom is 0.224 e. The summed E-state index contributed by atoms with van der Waals surface area (Å²) < 4.78 is 6.04. The minimum absolute atomic E-state index is 0.0430. The molecule has 0 amide bonds. The van der Waals surface area contributed by atoms with Gasteiger partial charge in [0.2, 0.25) is 5.95 Å². The number of hydrogen-bond donors (Lipinski definition) is 2. The molecule has 0 saturated carbocycles. The first-order valence-electron chi connectivity index (χ1n) is 6.98. The largest absolute Gasteiger partial charge is 0.362 e. The molecule has 0 bridgehead atoms. The highest BCUT2D eigenvalue weighted by molar-refractivity contribution is 9.10. The number of anilines is 2. The Kier molecular flexibility index (Phi) is 5.17. The van der Waals surface area contributed by atoms with Crippen molar-refractivity contribution in [3.63, 3.8) is 0 Å². The van der Waals surface area contributed by atoms with Crippen LogP contribution in [0.25, 0.3) is 0 Å². The number of nitrogens with one attached hydrogen (secondary N) is 2. The van der Waals surface area contributed by atoms with Crippen LogP contribution < -0.4 is 10.6 Å². The van der Waals surface area contributed by atoms with Gasteiger partial charge in [0.15, 0.2) is 0 Å². The molecule has 0 fully saturated rings. The van der Waals surface area contributed by atoms with Crippen LogP contribution in [0.5, 0.6) is 0 Å². The lowest BCUT2D eigenvalue weighted by molar-refractivity contribution is 0.392. The standard InChI is InChI=1S/C14H20BrN5O/c1-5-6-16-14-17-7-11(15)13(19-14)18-8(2)12-9(3)20-21-10(12)4/h7-8H,5-6H2,1-4H3,(H2,16,17,18,19). The van der Waals surface area contributed by atoms with Crippen LogP contribution in [0.3, 0.4) is 0 Å². The lowest BCUT2D eigenvalue weighted by Crippen LogP contribution is -2.12. The van der Waals surface area contributed by atoms with Crippen molar-refractivity contribution in [3.8, 4) is 0 Å². The number of aromatic nitrogens is 3. The molecule has 0 saturated heterocycles. The number of halogens is 1. The Morgan fingerprint density at radius 1 is 1.38 bits per heavy atom. The summed E-state index contributed by atoms with van der Waals surface area (Å²) in [5, 5.41) is 10.5. The smallest absolute Gasteiger partial charge is 0.224 e. The molecule has 7 heteroatoms. The fraction of sp³-hybridized carbons (Fsp3) is 0.500. The monoisotopic (exact) mass is 353 g/mol. The van der Waals surface area contributed by atoms with Crippen LogP contribution in [0.2, 0.25) is 0 Å². The van der Waals surface area contributed by atoms with E-state index in [-0.39, 0.29) is 6.04 Å². The second-order valence-corrected chi connectivity index (χ2v) is 5.78. The van der Waals surface area contributed by atoms with Gasteiger partial charge in [0.05, 0.1) is 16.2 Å². The van der Waals surface area contributed by atoms with Crippen LogP contribution >= 0.6 is 15.9 Å². The van der Waals surface area contributed by atoms with Gasteiger partial charge in [0.25, 0.3) is 0 Å². The van der Waals surface area contributed by atoms with Gasteiger partial charge in [-0.25, -0.2) is 4.98 Å². The van der Waals surface area contributed by atoms with E-state index in [1.165, 1.54) is 0 Å². The molecular formula is C14H20BrN5O. The van der Waals surface area contributed by atoms with Gasteiger partial charge < -0.3 is 15.2 Å². The fourth-order valence-electron chi connectivity index (χ4n) is 2.18. The van der Waals surface area contributed by atoms with E-state index in [4.69, 9.17) is 4.52 Å². The molecule has 0 spiro atoms. The summed E-state index contributed by atoms with van der Waals surface area (Å²) in [4.78, 5) is 8.73. The molecule has 1 unspecified atom stereocenters. The first-order valence-corrected chi connectivity index (χ1v) is 7.78. The van der Waals surface area contributed by atoms with E-state index < -0.39 is 0 Å². The zero-order valence-electron chi connectivity index (χ0n) is 12.7. The molecule has 114 valence electrons. The van der Waals surface area contributed by atoms with Gasteiger partial charge in [0.1, 0.15) is 11.6 Å². The predicted molar refractivity (Wildman–Crippen MR) is 86.5 cm³/mol. The summed E-state index contributed by atoms with van der Waals surface area (Å²) >= 11 is 3.47. The normalized spacial score (nSPS) is 12.2. The summed E-state index contributed by atoms with van der Waals surface area (Å²) in [5.74, 6) is 2.19. The van der Waals surface area contributed by atoms with Gasteiger partial charge in [-0.15, -0.1) is 0 Å². The summed E-state index contributed by atoms with van der Waals surface area (Å²) in [6.45, 7) is 8.86. The number of hydrogen-bond acceptors (Lipinski definition) is 6. The van der Waals surface area contributed by atoms with Crippen molar-refractivity contribution in [3.05, 3.63) is 27.7 Å². The van der Waals surface area contributed by atoms with Crippen LogP contribution in [-0.4, -0.2) is 21.7 Å². The number of aryl methyl sites for hydroxylation is 2. The Bertz CT molecular complexity index is 594. The highest BCUT2D eigenvalue weighted by Crippen LogP contribution is 2.28. The van der Waals surface area contributed by atoms with E-state index in [2.05, 4.69) is 55.5 Å². The van der Waals surface area contributed by atoms with Crippen molar-refractivity contribution in [2.75, 3.05) is 17.2 Å². The fourth-order valence-corrected chi connectivity index (χ4v) is 2.48. The topological polar surface area (TPSA) is 75.9 Å². The second-order valence-electron chi connectivity index (χ2n) is 4.92. The molecule has 1 atom stereocenters. The molecule has 0 aliphatic rings. The highest BCUT2D eigenvalue weighted by atomic mass is 79.9. The van der Waals surface area contributed by atoms with E-state index in [1.54, 1.807) is 6.20 Å². The zero-order chi connectivity index (χ0) is 15.4. The van der Waals surface area contributed by atoms with Gasteiger partial charge in [-0.1, -0.05) is 12.1 Å². The Morgan fingerprint density at radius 2 is 2.14 bits per heavy atom. The molecule has 2 rings (SSSR count). The zero-order valence-corrected chi connectivity index (χ0v) is 14.3. The Balaban J connectivity index is 2.18. The summed E-state index contributed by atoms with van der Waals surface area (Å²) in [6.07, 6.45) is 2.77. The van der Waals surface area contributed by atoms with Gasteiger partial charge in [-0.05, 0) is 43.1 Å². The first kappa shape index (κ1) is 15.8. The lowest BCUT2D eigenvalue weighted by atomic mass is 10.1. The summed E-state index contributed by atoms with van der Waals surface area (Å²) in [7, 11) is 0. The van der Waals surface area contributed by atoms with Crippen molar-refractivity contribution >= 4 is 27.7 Å². The van der Waals surface area contributed by atoms with Gasteiger partial charge >= 0.3 is 0 Å². The summed E-state index contributed by atoms with van der Waals surface area (Å²) in [5.41, 5.74) is 1.95. The Labute approximate surface area is 132 Å². The van der Waals surface area contributed by atoms with E-state index in [0.717, 1.165) is 40.3 Å². The molecule has 2 heterocycles. The highest BCUT2D eigenvalue weighted by Gasteiger charge is 2.18. The van der Waals surface area contributed by atoms with Gasteiger partial charge in [-0.3, -0.25) is 0 Å². The molecule has 0 aliphatic carbocycles. The molecule has 0 radical (unpaired) electrons. The maximum atomic E-state index is 5.21. The minimum Gasteiger partial charge on any atom is -0.362 e. The van der Waals surface area contributed by atoms with Crippen molar-refractivity contribution < 1.29 is 4.52 Å². The van der Waals surface area contributed by atoms with Crippen molar-refractivity contribution in [2.24, 2.45) is 0 Å². The third-order valence-electron chi connectivity index (χ3n) is 3.15. The van der Waals surface area contributed by atoms with E-state index in [9.17, 15) is 0 Å². The minimum atomic E-state index is 0.0430. The molecule has 0 aromatic carbocycles. The third kappa shape index (κ3) is 3.72. The molecule has 2 aromatic rings. The van der Waals surface area contributed by atoms with Crippen LogP contribution in [0.1, 0.15) is 43.3 Å². The van der Waals surface area contributed by atoms with Crippen molar-refractivity contribution in [1.29, 1.82) is 0 Å². The number of rotatable bonds is 6. The van der Waals surface area contributed by atoms with E-state index in [1.807, 2.05) is 13.8 Å². The maximum absolute atomic E-state index is 5.21. The molecule has 2 N–H and O–H groups in total. The predicted octanol–water partition coefficient (Wildman–Crippen LogP) is 3.84. The van der Waals surface area contributed by atoms with Gasteiger partial charge in [-0.2, -0.15) is 4.98 Å². The SMILES string of the molecule is CCCNc1ncc(Br)c(NC(C)c2c(C)noc2C)n1. The van der Waals surface area contributed by atoms with Crippen molar-refractivity contribution in [2.45, 2.75) is 40.2 Å². The molecular weight excluding hydrogens is 334 g/mol. The summed E-state index contributed by atoms with van der Waals surface area (Å²) in [6, 6.07) is 0.0430. The molecule has 21 heavy (non-hydrogen) atoms. The second kappa shape index (κ2) is 6.89. The van der Waals surface area contributed by atoms with Crippen LogP contribution in [-0.2, 0) is 0 Å². The Morgan fingerprint density at radius 3 is 2.76 bits per heavy atom. The number of nitrogens with zero attached hydrogens (tertiary/aromatic N) is 3.